The molecular weight excluding hydrogens is 564 g/mol. The van der Waals surface area contributed by atoms with Gasteiger partial charge in [0.2, 0.25) is 5.91 Å². The molecule has 6 nitrogen and oxygen atoms in total. The van der Waals surface area contributed by atoms with Crippen molar-refractivity contribution in [1.29, 1.82) is 0 Å². The van der Waals surface area contributed by atoms with Crippen LogP contribution in [0.15, 0.2) is 54.7 Å². The molecule has 0 aliphatic carbocycles. The Balaban J connectivity index is 2.17. The van der Waals surface area contributed by atoms with Gasteiger partial charge >= 0.3 is 12.4 Å². The summed E-state index contributed by atoms with van der Waals surface area (Å²) in [5.74, 6) is -0.597. The first kappa shape index (κ1) is 31.2. The van der Waals surface area contributed by atoms with Crippen LogP contribution < -0.4 is 9.80 Å². The third kappa shape index (κ3) is 6.51. The molecule has 0 fully saturated rings. The Morgan fingerprint density at radius 3 is 1.95 bits per heavy atom. The molecule has 2 aromatic carbocycles. The SMILES string of the molecule is CN(C(=O)C(C)(C)c1cc(C(F)(F)F)cc(C(F)(F)F)c1)c1cnc(N(CO)CCO)cc1-c1ccccc1Cl. The minimum Gasteiger partial charge on any atom is -0.395 e. The summed E-state index contributed by atoms with van der Waals surface area (Å²) in [6, 6.07) is 9.16. The highest BCUT2D eigenvalue weighted by atomic mass is 35.5. The van der Waals surface area contributed by atoms with Crippen LogP contribution in [0.1, 0.15) is 30.5 Å². The third-order valence-electron chi connectivity index (χ3n) is 6.41. The number of hydrogen-bond donors (Lipinski definition) is 2. The number of pyridine rings is 1. The molecule has 40 heavy (non-hydrogen) atoms. The second-order valence-corrected chi connectivity index (χ2v) is 9.86. The minimum absolute atomic E-state index is 0.00517. The average molecular weight is 590 g/mol. The average Bonchev–Trinajstić information content (AvgIpc) is 2.89. The number of anilines is 2. The number of carbonyl (C=O) groups is 1. The van der Waals surface area contributed by atoms with Gasteiger partial charge in [-0.05, 0) is 49.7 Å². The molecule has 1 amide bonds. The Bertz CT molecular complexity index is 1350. The quantitative estimate of drug-likeness (QED) is 0.244. The van der Waals surface area contributed by atoms with Crippen LogP contribution in [0.3, 0.4) is 0 Å². The number of amides is 1. The number of aliphatic hydroxyl groups excluding tert-OH is 2. The van der Waals surface area contributed by atoms with Gasteiger partial charge in [0, 0.05) is 29.7 Å². The van der Waals surface area contributed by atoms with Gasteiger partial charge < -0.3 is 20.0 Å². The van der Waals surface area contributed by atoms with E-state index in [-0.39, 0.29) is 35.7 Å². The van der Waals surface area contributed by atoms with Crippen LogP contribution in [0.25, 0.3) is 11.1 Å². The van der Waals surface area contributed by atoms with Gasteiger partial charge in [0.25, 0.3) is 0 Å². The van der Waals surface area contributed by atoms with Gasteiger partial charge in [-0.1, -0.05) is 29.8 Å². The summed E-state index contributed by atoms with van der Waals surface area (Å²) >= 11 is 6.41. The lowest BCUT2D eigenvalue weighted by atomic mass is 9.81. The minimum atomic E-state index is -5.08. The van der Waals surface area contributed by atoms with Gasteiger partial charge in [0.05, 0.1) is 35.0 Å². The summed E-state index contributed by atoms with van der Waals surface area (Å²) in [5, 5.41) is 19.3. The predicted molar refractivity (Wildman–Crippen MR) is 139 cm³/mol. The Hall–Kier alpha value is -3.35. The van der Waals surface area contributed by atoms with Crippen molar-refractivity contribution in [3.8, 4) is 11.1 Å². The molecule has 0 saturated heterocycles. The lowest BCUT2D eigenvalue weighted by Crippen LogP contribution is -2.42. The first-order valence-corrected chi connectivity index (χ1v) is 12.2. The molecule has 0 saturated carbocycles. The standard InChI is InChI=1S/C27H26ClF6N3O3/c1-25(2,16-10-17(26(29,30)31)12-18(11-16)27(32,33)34)24(40)36(3)22-14-35-23(37(15-39)8-9-38)13-20(22)19-6-4-5-7-21(19)28/h4-7,10-14,38-39H,8-9,15H2,1-3H3. The zero-order valence-electron chi connectivity index (χ0n) is 21.6. The fourth-order valence-corrected chi connectivity index (χ4v) is 4.36. The number of aliphatic hydroxyl groups is 2. The second kappa shape index (κ2) is 11.6. The first-order valence-electron chi connectivity index (χ1n) is 11.8. The first-order chi connectivity index (χ1) is 18.5. The highest BCUT2D eigenvalue weighted by molar-refractivity contribution is 6.33. The lowest BCUT2D eigenvalue weighted by Gasteiger charge is -2.32. The molecule has 216 valence electrons. The lowest BCUT2D eigenvalue weighted by molar-refractivity contribution is -0.143. The van der Waals surface area contributed by atoms with E-state index in [9.17, 15) is 41.4 Å². The highest BCUT2D eigenvalue weighted by Gasteiger charge is 2.41. The number of alkyl halides is 6. The van der Waals surface area contributed by atoms with Crippen LogP contribution in [0, 0.1) is 0 Å². The molecule has 1 aromatic heterocycles. The van der Waals surface area contributed by atoms with Crippen LogP contribution in [0.5, 0.6) is 0 Å². The summed E-state index contributed by atoms with van der Waals surface area (Å²) in [7, 11) is 1.32. The second-order valence-electron chi connectivity index (χ2n) is 9.45. The maximum Gasteiger partial charge on any atom is 0.416 e. The summed E-state index contributed by atoms with van der Waals surface area (Å²) in [6.07, 6.45) is -8.88. The van der Waals surface area contributed by atoms with Crippen molar-refractivity contribution in [1.82, 2.24) is 4.98 Å². The van der Waals surface area contributed by atoms with Crippen molar-refractivity contribution in [3.05, 3.63) is 76.4 Å². The normalized spacial score (nSPS) is 12.4. The van der Waals surface area contributed by atoms with E-state index in [0.717, 1.165) is 4.90 Å². The number of nitrogens with zero attached hydrogens (tertiary/aromatic N) is 3. The van der Waals surface area contributed by atoms with E-state index in [2.05, 4.69) is 4.98 Å². The molecule has 1 heterocycles. The Morgan fingerprint density at radius 1 is 0.900 bits per heavy atom. The van der Waals surface area contributed by atoms with E-state index in [4.69, 9.17) is 11.6 Å². The molecule has 2 N–H and O–H groups in total. The number of hydrogen-bond acceptors (Lipinski definition) is 5. The molecule has 0 unspecified atom stereocenters. The van der Waals surface area contributed by atoms with Gasteiger partial charge in [-0.15, -0.1) is 0 Å². The molecular formula is C27H26ClF6N3O3. The summed E-state index contributed by atoms with van der Waals surface area (Å²) in [6.45, 7) is 1.70. The van der Waals surface area contributed by atoms with Gasteiger partial charge in [0.15, 0.2) is 0 Å². The third-order valence-corrected chi connectivity index (χ3v) is 6.74. The Labute approximate surface area is 231 Å². The van der Waals surface area contributed by atoms with Gasteiger partial charge in [-0.25, -0.2) is 4.98 Å². The predicted octanol–water partition coefficient (Wildman–Crippen LogP) is 6.13. The Kier molecular flexibility index (Phi) is 9.07. The number of benzene rings is 2. The molecule has 0 bridgehead atoms. The topological polar surface area (TPSA) is 76.9 Å². The molecule has 0 atom stereocenters. The number of rotatable bonds is 8. The van der Waals surface area contributed by atoms with E-state index >= 15 is 0 Å². The molecule has 3 aromatic rings. The zero-order valence-corrected chi connectivity index (χ0v) is 22.4. The molecule has 0 aliphatic heterocycles. The monoisotopic (exact) mass is 589 g/mol. The molecule has 0 radical (unpaired) electrons. The van der Waals surface area contributed by atoms with E-state index in [0.29, 0.717) is 23.3 Å². The van der Waals surface area contributed by atoms with Crippen LogP contribution >= 0.6 is 11.6 Å². The van der Waals surface area contributed by atoms with E-state index in [1.807, 2.05) is 0 Å². The summed E-state index contributed by atoms with van der Waals surface area (Å²) in [4.78, 5) is 20.4. The van der Waals surface area contributed by atoms with Crippen LogP contribution in [-0.2, 0) is 22.6 Å². The summed E-state index contributed by atoms with van der Waals surface area (Å²) in [5.41, 5.74) is -4.45. The molecule has 0 aliphatic rings. The van der Waals surface area contributed by atoms with Crippen LogP contribution in [0.2, 0.25) is 5.02 Å². The highest BCUT2D eigenvalue weighted by Crippen LogP contribution is 2.41. The van der Waals surface area contributed by atoms with Gasteiger partial charge in [-0.2, -0.15) is 26.3 Å². The number of likely N-dealkylation sites (N-methyl/N-ethyl adjacent to an activating group) is 1. The van der Waals surface area contributed by atoms with E-state index in [1.165, 1.54) is 38.1 Å². The molecule has 13 heteroatoms. The summed E-state index contributed by atoms with van der Waals surface area (Å²) < 4.78 is 81.0. The fraction of sp³-hybridized carbons (Fsp3) is 0.333. The van der Waals surface area contributed by atoms with Crippen molar-refractivity contribution in [2.75, 3.05) is 36.7 Å². The van der Waals surface area contributed by atoms with Crippen molar-refractivity contribution in [3.63, 3.8) is 0 Å². The van der Waals surface area contributed by atoms with Crippen molar-refractivity contribution in [2.45, 2.75) is 31.6 Å². The van der Waals surface area contributed by atoms with Crippen molar-refractivity contribution >= 4 is 29.0 Å². The smallest absolute Gasteiger partial charge is 0.395 e. The van der Waals surface area contributed by atoms with Crippen molar-refractivity contribution in [2.24, 2.45) is 0 Å². The molecule has 3 rings (SSSR count). The van der Waals surface area contributed by atoms with Gasteiger partial charge in [-0.3, -0.25) is 4.79 Å². The van der Waals surface area contributed by atoms with E-state index in [1.54, 1.807) is 24.3 Å². The van der Waals surface area contributed by atoms with Gasteiger partial charge in [0.1, 0.15) is 12.5 Å². The number of aromatic nitrogens is 1. The largest absolute Gasteiger partial charge is 0.416 e. The molecule has 0 spiro atoms. The number of halogens is 7. The zero-order chi connectivity index (χ0) is 30.0. The van der Waals surface area contributed by atoms with E-state index < -0.39 is 47.1 Å². The van der Waals surface area contributed by atoms with Crippen molar-refractivity contribution < 1.29 is 41.4 Å². The maximum absolute atomic E-state index is 13.8. The van der Waals surface area contributed by atoms with Crippen LogP contribution in [-0.4, -0.2) is 48.0 Å². The van der Waals surface area contributed by atoms with Crippen LogP contribution in [0.4, 0.5) is 37.8 Å². The number of carbonyl (C=O) groups excluding carboxylic acids is 1. The fourth-order valence-electron chi connectivity index (χ4n) is 4.12. The Morgan fingerprint density at radius 2 is 1.45 bits per heavy atom. The maximum atomic E-state index is 13.8.